The Hall–Kier alpha value is -3.98. The quantitative estimate of drug-likeness (QED) is 0.464. The summed E-state index contributed by atoms with van der Waals surface area (Å²) in [6.45, 7) is 3.62. The van der Waals surface area contributed by atoms with E-state index in [0.29, 0.717) is 16.3 Å². The topological polar surface area (TPSA) is 83.9 Å². The number of amides is 3. The number of imide groups is 1. The van der Waals surface area contributed by atoms with Crippen LogP contribution in [0.5, 0.6) is 5.75 Å². The van der Waals surface area contributed by atoms with Gasteiger partial charge in [-0.2, -0.15) is 0 Å². The number of aryl methyl sites for hydroxylation is 1. The van der Waals surface area contributed by atoms with Gasteiger partial charge in [0.05, 0.1) is 12.0 Å². The van der Waals surface area contributed by atoms with E-state index < -0.39 is 17.1 Å². The molecule has 1 fully saturated rings. The van der Waals surface area contributed by atoms with Crippen molar-refractivity contribution in [3.63, 3.8) is 0 Å². The van der Waals surface area contributed by atoms with Gasteiger partial charge in [-0.1, -0.05) is 0 Å². The van der Waals surface area contributed by atoms with E-state index in [0.717, 1.165) is 45.0 Å². The predicted molar refractivity (Wildman–Crippen MR) is 144 cm³/mol. The SMILES string of the molecule is COc1ccc(NC(=O)CN2C(=O)S/C(=C/c3cc(C)n(-c4ccc(N(C)C)cc4)c3C)C2=O)cc1. The second-order valence-electron chi connectivity index (χ2n) is 8.62. The smallest absolute Gasteiger partial charge is 0.294 e. The van der Waals surface area contributed by atoms with Crippen LogP contribution in [-0.4, -0.2) is 54.3 Å². The minimum absolute atomic E-state index is 0.292. The molecule has 0 aliphatic carbocycles. The first-order chi connectivity index (χ1) is 17.2. The van der Waals surface area contributed by atoms with E-state index in [1.165, 1.54) is 0 Å². The monoisotopic (exact) mass is 504 g/mol. The van der Waals surface area contributed by atoms with Crippen molar-refractivity contribution < 1.29 is 19.1 Å². The summed E-state index contributed by atoms with van der Waals surface area (Å²) in [5.41, 5.74) is 5.47. The van der Waals surface area contributed by atoms with E-state index in [-0.39, 0.29) is 6.54 Å². The average molecular weight is 505 g/mol. The van der Waals surface area contributed by atoms with E-state index >= 15 is 0 Å². The van der Waals surface area contributed by atoms with Gasteiger partial charge in [0.15, 0.2) is 0 Å². The molecule has 8 nitrogen and oxygen atoms in total. The highest BCUT2D eigenvalue weighted by Crippen LogP contribution is 2.34. The van der Waals surface area contributed by atoms with Crippen molar-refractivity contribution in [3.8, 4) is 11.4 Å². The molecular weight excluding hydrogens is 476 g/mol. The number of anilines is 2. The normalized spacial score (nSPS) is 14.5. The summed E-state index contributed by atoms with van der Waals surface area (Å²) in [6.07, 6.45) is 1.72. The number of benzene rings is 2. The lowest BCUT2D eigenvalue weighted by molar-refractivity contribution is -0.127. The minimum atomic E-state index is -0.477. The number of nitrogens with zero attached hydrogens (tertiary/aromatic N) is 3. The van der Waals surface area contributed by atoms with E-state index in [2.05, 4.69) is 34.1 Å². The van der Waals surface area contributed by atoms with Crippen LogP contribution in [0.4, 0.5) is 16.2 Å². The summed E-state index contributed by atoms with van der Waals surface area (Å²) < 4.78 is 7.21. The Kier molecular flexibility index (Phi) is 7.21. The molecule has 0 bridgehead atoms. The molecule has 3 aromatic rings. The molecule has 0 saturated carbocycles. The maximum Gasteiger partial charge on any atom is 0.294 e. The molecule has 1 aliphatic rings. The number of hydrogen-bond donors (Lipinski definition) is 1. The Labute approximate surface area is 214 Å². The van der Waals surface area contributed by atoms with Gasteiger partial charge in [-0.05, 0) is 91.8 Å². The molecule has 0 unspecified atom stereocenters. The zero-order valence-corrected chi connectivity index (χ0v) is 21.7. The number of methoxy groups -OCH3 is 1. The van der Waals surface area contributed by atoms with Crippen molar-refractivity contribution in [2.75, 3.05) is 38.0 Å². The fraction of sp³-hybridized carbons (Fsp3) is 0.222. The van der Waals surface area contributed by atoms with Gasteiger partial charge in [-0.15, -0.1) is 0 Å². The van der Waals surface area contributed by atoms with Crippen LogP contribution in [0.1, 0.15) is 17.0 Å². The molecule has 2 heterocycles. The Morgan fingerprint density at radius 2 is 1.72 bits per heavy atom. The standard InChI is InChI=1S/C27H28N4O4S/c1-17-14-19(18(2)31(17)22-10-8-21(9-11-22)29(3)4)15-24-26(33)30(27(34)36-24)16-25(32)28-20-6-12-23(35-5)13-7-20/h6-15H,16H2,1-5H3,(H,28,32)/b24-15+. The molecule has 0 radical (unpaired) electrons. The molecule has 186 valence electrons. The van der Waals surface area contributed by atoms with Crippen LogP contribution in [0.15, 0.2) is 59.5 Å². The number of aromatic nitrogens is 1. The van der Waals surface area contributed by atoms with Gasteiger partial charge in [0.2, 0.25) is 5.91 Å². The fourth-order valence-corrected chi connectivity index (χ4v) is 4.86. The van der Waals surface area contributed by atoms with E-state index in [1.807, 2.05) is 38.9 Å². The average Bonchev–Trinajstić information content (AvgIpc) is 3.28. The van der Waals surface area contributed by atoms with Crippen LogP contribution in [0.3, 0.4) is 0 Å². The number of carbonyl (C=O) groups is 3. The van der Waals surface area contributed by atoms with Gasteiger partial charge >= 0.3 is 0 Å². The third kappa shape index (κ3) is 5.16. The maximum absolute atomic E-state index is 13.0. The first-order valence-electron chi connectivity index (χ1n) is 11.3. The molecule has 1 saturated heterocycles. The summed E-state index contributed by atoms with van der Waals surface area (Å²) in [4.78, 5) is 41.3. The number of thioether (sulfide) groups is 1. The predicted octanol–water partition coefficient (Wildman–Crippen LogP) is 4.84. The van der Waals surface area contributed by atoms with Gasteiger partial charge in [-0.3, -0.25) is 19.3 Å². The Morgan fingerprint density at radius 3 is 2.33 bits per heavy atom. The summed E-state index contributed by atoms with van der Waals surface area (Å²) in [5, 5.41) is 2.23. The molecule has 9 heteroatoms. The molecule has 1 aliphatic heterocycles. The number of nitrogens with one attached hydrogen (secondary N) is 1. The number of rotatable bonds is 7. The largest absolute Gasteiger partial charge is 0.497 e. The van der Waals surface area contributed by atoms with Crippen LogP contribution >= 0.6 is 11.8 Å². The second-order valence-corrected chi connectivity index (χ2v) is 9.61. The Bertz CT molecular complexity index is 1340. The van der Waals surface area contributed by atoms with Gasteiger partial charge in [0.1, 0.15) is 12.3 Å². The van der Waals surface area contributed by atoms with Crippen molar-refractivity contribution in [1.29, 1.82) is 0 Å². The zero-order chi connectivity index (χ0) is 26.0. The zero-order valence-electron chi connectivity index (χ0n) is 20.9. The summed E-state index contributed by atoms with van der Waals surface area (Å²) in [6, 6.07) is 17.0. The lowest BCUT2D eigenvalue weighted by atomic mass is 10.2. The summed E-state index contributed by atoms with van der Waals surface area (Å²) in [7, 11) is 5.55. The second kappa shape index (κ2) is 10.3. The Balaban J connectivity index is 1.50. The maximum atomic E-state index is 13.0. The van der Waals surface area contributed by atoms with Crippen molar-refractivity contribution >= 4 is 46.3 Å². The molecule has 0 atom stereocenters. The van der Waals surface area contributed by atoms with Gasteiger partial charge in [0.25, 0.3) is 11.1 Å². The highest BCUT2D eigenvalue weighted by atomic mass is 32.2. The van der Waals surface area contributed by atoms with Crippen molar-refractivity contribution in [2.45, 2.75) is 13.8 Å². The van der Waals surface area contributed by atoms with Crippen LogP contribution in [0.2, 0.25) is 0 Å². The number of hydrogen-bond acceptors (Lipinski definition) is 6. The van der Waals surface area contributed by atoms with Gasteiger partial charge in [0, 0.05) is 42.5 Å². The Morgan fingerprint density at radius 1 is 1.06 bits per heavy atom. The third-order valence-electron chi connectivity index (χ3n) is 5.93. The van der Waals surface area contributed by atoms with Crippen LogP contribution in [0, 0.1) is 13.8 Å². The molecule has 3 amide bonds. The number of ether oxygens (including phenoxy) is 1. The highest BCUT2D eigenvalue weighted by molar-refractivity contribution is 8.18. The van der Waals surface area contributed by atoms with Crippen LogP contribution in [-0.2, 0) is 9.59 Å². The van der Waals surface area contributed by atoms with Gasteiger partial charge in [-0.25, -0.2) is 0 Å². The molecule has 4 rings (SSSR count). The number of carbonyl (C=O) groups excluding carboxylic acids is 3. The van der Waals surface area contributed by atoms with Crippen molar-refractivity contribution in [1.82, 2.24) is 9.47 Å². The molecule has 36 heavy (non-hydrogen) atoms. The first kappa shape index (κ1) is 25.1. The first-order valence-corrected chi connectivity index (χ1v) is 12.2. The minimum Gasteiger partial charge on any atom is -0.497 e. The van der Waals surface area contributed by atoms with E-state index in [9.17, 15) is 14.4 Å². The summed E-state index contributed by atoms with van der Waals surface area (Å²) in [5.74, 6) is -0.271. The third-order valence-corrected chi connectivity index (χ3v) is 6.84. The lowest BCUT2D eigenvalue weighted by Crippen LogP contribution is -2.36. The molecular formula is C27H28N4O4S. The highest BCUT2D eigenvalue weighted by Gasteiger charge is 2.36. The van der Waals surface area contributed by atoms with Gasteiger partial charge < -0.3 is 19.5 Å². The fourth-order valence-electron chi connectivity index (χ4n) is 4.03. The van der Waals surface area contributed by atoms with Crippen molar-refractivity contribution in [3.05, 3.63) is 76.5 Å². The molecule has 1 aromatic heterocycles. The summed E-state index contributed by atoms with van der Waals surface area (Å²) >= 11 is 0.842. The lowest BCUT2D eigenvalue weighted by Gasteiger charge is -2.15. The van der Waals surface area contributed by atoms with Crippen molar-refractivity contribution in [2.24, 2.45) is 0 Å². The molecule has 1 N–H and O–H groups in total. The van der Waals surface area contributed by atoms with Crippen LogP contribution < -0.4 is 15.0 Å². The molecule has 2 aromatic carbocycles. The van der Waals surface area contributed by atoms with E-state index in [1.54, 1.807) is 37.5 Å². The van der Waals surface area contributed by atoms with E-state index in [4.69, 9.17) is 4.74 Å². The molecule has 0 spiro atoms. The van der Waals surface area contributed by atoms with Crippen LogP contribution in [0.25, 0.3) is 11.8 Å².